The van der Waals surface area contributed by atoms with Crippen LogP contribution in [0.1, 0.15) is 5.56 Å². The van der Waals surface area contributed by atoms with Gasteiger partial charge in [0.05, 0.1) is 10.6 Å². The molecule has 172 valence electrons. The van der Waals surface area contributed by atoms with Crippen molar-refractivity contribution in [2.75, 3.05) is 38.5 Å². The van der Waals surface area contributed by atoms with E-state index in [-0.39, 0.29) is 5.91 Å². The quantitative estimate of drug-likeness (QED) is 0.545. The van der Waals surface area contributed by atoms with Crippen molar-refractivity contribution in [1.29, 1.82) is 0 Å². The lowest BCUT2D eigenvalue weighted by atomic mass is 9.99. The van der Waals surface area contributed by atoms with Gasteiger partial charge < -0.3 is 15.2 Å². The summed E-state index contributed by atoms with van der Waals surface area (Å²) in [5.74, 6) is -0.262. The molecule has 2 aromatic carbocycles. The molecule has 0 radical (unpaired) electrons. The number of hydrogen-bond donors (Lipinski definition) is 2. The third-order valence-electron chi connectivity index (χ3n) is 5.98. The molecule has 1 amide bonds. The molecule has 1 saturated heterocycles. The van der Waals surface area contributed by atoms with Crippen LogP contribution in [0, 0.1) is 6.92 Å². The predicted molar refractivity (Wildman–Crippen MR) is 131 cm³/mol. The predicted octanol–water partition coefficient (Wildman–Crippen LogP) is 3.72. The molecule has 8 heteroatoms. The van der Waals surface area contributed by atoms with Gasteiger partial charge in [-0.1, -0.05) is 30.8 Å². The van der Waals surface area contributed by atoms with Crippen molar-refractivity contribution in [2.24, 2.45) is 0 Å². The number of nitrogens with zero attached hydrogens (tertiary/aromatic N) is 2. The van der Waals surface area contributed by atoms with Crippen molar-refractivity contribution in [3.63, 3.8) is 0 Å². The summed E-state index contributed by atoms with van der Waals surface area (Å²) in [6.45, 7) is 7.90. The monoisotopic (exact) mass is 464 g/mol. The number of hydrogen-bond acceptors (Lipinski definition) is 4. The minimum absolute atomic E-state index is 0.262. The SMILES string of the molecule is C=CC(=O)Nc1cc(-c2cc[nH]c2-c2ccc(S(=O)(=O)N3CCN(C)CC3)cc2)ccc1C. The zero-order valence-corrected chi connectivity index (χ0v) is 19.7. The number of rotatable bonds is 6. The van der Waals surface area contributed by atoms with Crippen molar-refractivity contribution >= 4 is 21.6 Å². The second-order valence-electron chi connectivity index (χ2n) is 8.22. The number of sulfonamides is 1. The fourth-order valence-corrected chi connectivity index (χ4v) is 5.35. The van der Waals surface area contributed by atoms with E-state index in [4.69, 9.17) is 0 Å². The van der Waals surface area contributed by atoms with Crippen LogP contribution in [0.3, 0.4) is 0 Å². The maximum atomic E-state index is 13.0. The largest absolute Gasteiger partial charge is 0.361 e. The van der Waals surface area contributed by atoms with Crippen LogP contribution in [0.5, 0.6) is 0 Å². The van der Waals surface area contributed by atoms with Crippen molar-refractivity contribution < 1.29 is 13.2 Å². The number of aromatic amines is 1. The number of anilines is 1. The van der Waals surface area contributed by atoms with Crippen molar-refractivity contribution in [3.05, 3.63) is 72.9 Å². The molecular weight excluding hydrogens is 436 g/mol. The van der Waals surface area contributed by atoms with E-state index in [1.165, 1.54) is 6.08 Å². The zero-order chi connectivity index (χ0) is 23.6. The average Bonchev–Trinajstić information content (AvgIpc) is 3.31. The number of likely N-dealkylation sites (N-methyl/N-ethyl adjacent to an activating group) is 1. The summed E-state index contributed by atoms with van der Waals surface area (Å²) >= 11 is 0. The maximum Gasteiger partial charge on any atom is 0.247 e. The van der Waals surface area contributed by atoms with E-state index in [1.54, 1.807) is 16.4 Å². The number of carbonyl (C=O) groups is 1. The second kappa shape index (κ2) is 9.35. The number of aryl methyl sites for hydroxylation is 1. The number of nitrogens with one attached hydrogen (secondary N) is 2. The Hall–Kier alpha value is -3.20. The van der Waals surface area contributed by atoms with Gasteiger partial charge in [0, 0.05) is 43.6 Å². The van der Waals surface area contributed by atoms with E-state index in [1.807, 2.05) is 56.6 Å². The second-order valence-corrected chi connectivity index (χ2v) is 10.2. The zero-order valence-electron chi connectivity index (χ0n) is 18.8. The van der Waals surface area contributed by atoms with Crippen LogP contribution in [-0.4, -0.2) is 61.7 Å². The van der Waals surface area contributed by atoms with Crippen LogP contribution in [-0.2, 0) is 14.8 Å². The van der Waals surface area contributed by atoms with E-state index in [9.17, 15) is 13.2 Å². The van der Waals surface area contributed by atoms with Gasteiger partial charge in [-0.2, -0.15) is 4.31 Å². The van der Waals surface area contributed by atoms with Crippen molar-refractivity contribution in [3.8, 4) is 22.4 Å². The van der Waals surface area contributed by atoms with Gasteiger partial charge in [-0.05, 0) is 61.0 Å². The highest BCUT2D eigenvalue weighted by molar-refractivity contribution is 7.89. The molecule has 0 unspecified atom stereocenters. The molecule has 1 aliphatic rings. The van der Waals surface area contributed by atoms with Crippen molar-refractivity contribution in [1.82, 2.24) is 14.2 Å². The first-order chi connectivity index (χ1) is 15.8. The molecular formula is C25H28N4O3S. The molecule has 0 bridgehead atoms. The number of amides is 1. The highest BCUT2D eigenvalue weighted by Crippen LogP contribution is 2.34. The highest BCUT2D eigenvalue weighted by Gasteiger charge is 2.27. The van der Waals surface area contributed by atoms with Gasteiger partial charge in [-0.3, -0.25) is 4.79 Å². The summed E-state index contributed by atoms with van der Waals surface area (Å²) in [4.78, 5) is 17.5. The number of benzene rings is 2. The minimum atomic E-state index is -3.51. The van der Waals surface area contributed by atoms with Gasteiger partial charge in [0.25, 0.3) is 0 Å². The molecule has 0 atom stereocenters. The summed E-state index contributed by atoms with van der Waals surface area (Å²) in [6.07, 6.45) is 3.09. The van der Waals surface area contributed by atoms with Crippen LogP contribution in [0.15, 0.2) is 72.3 Å². The Morgan fingerprint density at radius 1 is 1.03 bits per heavy atom. The molecule has 2 N–H and O–H groups in total. The Labute approximate surface area is 194 Å². The number of carbonyl (C=O) groups excluding carboxylic acids is 1. The van der Waals surface area contributed by atoms with E-state index < -0.39 is 10.0 Å². The van der Waals surface area contributed by atoms with Crippen LogP contribution in [0.4, 0.5) is 5.69 Å². The van der Waals surface area contributed by atoms with Gasteiger partial charge in [-0.25, -0.2) is 8.42 Å². The minimum Gasteiger partial charge on any atom is -0.361 e. The number of aromatic nitrogens is 1. The Balaban J connectivity index is 1.61. The summed E-state index contributed by atoms with van der Waals surface area (Å²) in [7, 11) is -1.51. The van der Waals surface area contributed by atoms with E-state index in [2.05, 4.69) is 21.8 Å². The molecule has 4 rings (SSSR count). The fourth-order valence-electron chi connectivity index (χ4n) is 3.93. The topological polar surface area (TPSA) is 85.5 Å². The van der Waals surface area contributed by atoms with Crippen LogP contribution < -0.4 is 5.32 Å². The van der Waals surface area contributed by atoms with E-state index in [0.717, 1.165) is 46.7 Å². The molecule has 3 aromatic rings. The Morgan fingerprint density at radius 2 is 1.70 bits per heavy atom. The van der Waals surface area contributed by atoms with Gasteiger partial charge >= 0.3 is 0 Å². The first kappa shape index (κ1) is 23.0. The summed E-state index contributed by atoms with van der Waals surface area (Å²) in [5, 5.41) is 2.84. The summed E-state index contributed by atoms with van der Waals surface area (Å²) in [5.41, 5.74) is 5.32. The lowest BCUT2D eigenvalue weighted by molar-refractivity contribution is -0.111. The van der Waals surface area contributed by atoms with Gasteiger partial charge in [0.15, 0.2) is 0 Å². The first-order valence-electron chi connectivity index (χ1n) is 10.8. The number of piperazine rings is 1. The van der Waals surface area contributed by atoms with Crippen LogP contribution in [0.25, 0.3) is 22.4 Å². The average molecular weight is 465 g/mol. The molecule has 1 aromatic heterocycles. The third-order valence-corrected chi connectivity index (χ3v) is 7.89. The molecule has 0 saturated carbocycles. The van der Waals surface area contributed by atoms with Crippen molar-refractivity contribution in [2.45, 2.75) is 11.8 Å². The van der Waals surface area contributed by atoms with Gasteiger partial charge in [0.2, 0.25) is 15.9 Å². The first-order valence-corrected chi connectivity index (χ1v) is 12.2. The fraction of sp³-hybridized carbons (Fsp3) is 0.240. The third kappa shape index (κ3) is 4.78. The summed E-state index contributed by atoms with van der Waals surface area (Å²) in [6, 6.07) is 14.8. The maximum absolute atomic E-state index is 13.0. The molecule has 0 spiro atoms. The summed E-state index contributed by atoms with van der Waals surface area (Å²) < 4.78 is 27.6. The molecule has 7 nitrogen and oxygen atoms in total. The smallest absolute Gasteiger partial charge is 0.247 e. The normalized spacial score (nSPS) is 15.3. The molecule has 33 heavy (non-hydrogen) atoms. The highest BCUT2D eigenvalue weighted by atomic mass is 32.2. The molecule has 1 aliphatic heterocycles. The lowest BCUT2D eigenvalue weighted by Gasteiger charge is -2.31. The van der Waals surface area contributed by atoms with E-state index in [0.29, 0.717) is 18.0 Å². The molecule has 0 aliphatic carbocycles. The Morgan fingerprint density at radius 3 is 2.36 bits per heavy atom. The molecule has 1 fully saturated rings. The van der Waals surface area contributed by atoms with E-state index >= 15 is 0 Å². The van der Waals surface area contributed by atoms with Crippen LogP contribution >= 0.6 is 0 Å². The standard InChI is InChI=1S/C25H28N4O3S/c1-4-24(30)27-23-17-20(6-5-18(23)2)22-11-12-26-25(22)19-7-9-21(10-8-19)33(31,32)29-15-13-28(3)14-16-29/h4-12,17,26H,1,13-16H2,2-3H3,(H,27,30). The lowest BCUT2D eigenvalue weighted by Crippen LogP contribution is -2.46. The number of H-pyrrole nitrogens is 1. The molecule has 2 heterocycles. The van der Waals surface area contributed by atoms with Gasteiger partial charge in [-0.15, -0.1) is 0 Å². The Kier molecular flexibility index (Phi) is 6.51. The van der Waals surface area contributed by atoms with Gasteiger partial charge in [0.1, 0.15) is 0 Å². The Bertz CT molecular complexity index is 1270. The van der Waals surface area contributed by atoms with Crippen LogP contribution in [0.2, 0.25) is 0 Å².